The third-order valence-electron chi connectivity index (χ3n) is 3.71. The number of carbonyl (C=O) groups is 1. The van der Waals surface area contributed by atoms with Gasteiger partial charge in [0.2, 0.25) is 0 Å². The molecule has 0 radical (unpaired) electrons. The average molecular weight is 276 g/mol. The first-order valence-electron chi connectivity index (χ1n) is 7.89. The van der Waals surface area contributed by atoms with Crippen molar-refractivity contribution >= 4 is 5.97 Å². The van der Waals surface area contributed by atoms with E-state index in [9.17, 15) is 4.79 Å². The van der Waals surface area contributed by atoms with Crippen molar-refractivity contribution in [3.05, 3.63) is 35.9 Å². The topological polar surface area (TPSA) is 26.3 Å². The van der Waals surface area contributed by atoms with E-state index in [1.54, 1.807) is 0 Å². The summed E-state index contributed by atoms with van der Waals surface area (Å²) < 4.78 is 5.50. The van der Waals surface area contributed by atoms with Crippen LogP contribution in [0.3, 0.4) is 0 Å². The zero-order valence-electron chi connectivity index (χ0n) is 13.2. The highest BCUT2D eigenvalue weighted by atomic mass is 16.5. The molecule has 20 heavy (non-hydrogen) atoms. The van der Waals surface area contributed by atoms with Gasteiger partial charge in [-0.2, -0.15) is 0 Å². The highest BCUT2D eigenvalue weighted by Gasteiger charge is 2.38. The molecule has 1 aromatic rings. The molecule has 1 rings (SSSR count). The minimum Gasteiger partial charge on any atom is -0.465 e. The number of benzene rings is 1. The predicted octanol–water partition coefficient (Wildman–Crippen LogP) is 4.77. The van der Waals surface area contributed by atoms with Crippen LogP contribution in [-0.2, 0) is 16.0 Å². The number of hydrogen-bond acceptors (Lipinski definition) is 2. The Balaban J connectivity index is 2.94. The Morgan fingerprint density at radius 2 is 1.60 bits per heavy atom. The molecule has 2 heteroatoms. The number of esters is 1. The van der Waals surface area contributed by atoms with Crippen molar-refractivity contribution in [3.63, 3.8) is 0 Å². The van der Waals surface area contributed by atoms with Gasteiger partial charge in [0.25, 0.3) is 0 Å². The van der Waals surface area contributed by atoms with Crippen molar-refractivity contribution in [1.29, 1.82) is 0 Å². The van der Waals surface area contributed by atoms with Crippen LogP contribution in [0.5, 0.6) is 0 Å². The molecule has 2 nitrogen and oxygen atoms in total. The summed E-state index contributed by atoms with van der Waals surface area (Å²) in [6.45, 7) is 6.85. The van der Waals surface area contributed by atoms with Crippen LogP contribution in [-0.4, -0.2) is 12.6 Å². The fourth-order valence-electron chi connectivity index (χ4n) is 2.87. The largest absolute Gasteiger partial charge is 0.465 e. The van der Waals surface area contributed by atoms with Crippen molar-refractivity contribution in [1.82, 2.24) is 0 Å². The third-order valence-corrected chi connectivity index (χ3v) is 3.71. The van der Waals surface area contributed by atoms with E-state index < -0.39 is 0 Å². The second-order valence-electron chi connectivity index (χ2n) is 5.58. The normalized spacial score (nSPS) is 11.3. The molecule has 112 valence electrons. The van der Waals surface area contributed by atoms with Crippen LogP contribution in [0.25, 0.3) is 0 Å². The van der Waals surface area contributed by atoms with Crippen LogP contribution in [0.15, 0.2) is 30.3 Å². The van der Waals surface area contributed by atoms with Crippen molar-refractivity contribution in [3.8, 4) is 0 Å². The van der Waals surface area contributed by atoms with Gasteiger partial charge in [-0.25, -0.2) is 0 Å². The first-order chi connectivity index (χ1) is 9.68. The van der Waals surface area contributed by atoms with E-state index in [1.165, 1.54) is 5.56 Å². The molecule has 0 aliphatic carbocycles. The Hall–Kier alpha value is -1.31. The molecule has 0 saturated carbocycles. The molecular formula is C18H28O2. The Kier molecular flexibility index (Phi) is 7.35. The predicted molar refractivity (Wildman–Crippen MR) is 83.6 cm³/mol. The number of ether oxygens (including phenoxy) is 1. The number of carbonyl (C=O) groups excluding carboxylic acids is 1. The van der Waals surface area contributed by atoms with E-state index in [-0.39, 0.29) is 11.4 Å². The lowest BCUT2D eigenvalue weighted by Crippen LogP contribution is -2.35. The Bertz CT molecular complexity index is 378. The van der Waals surface area contributed by atoms with Crippen LogP contribution >= 0.6 is 0 Å². The van der Waals surface area contributed by atoms with Crippen LogP contribution in [0.4, 0.5) is 0 Å². The highest BCUT2D eigenvalue weighted by molar-refractivity contribution is 5.77. The molecule has 0 atom stereocenters. The standard InChI is InChI=1S/C18H28O2/c1-4-12-18(13-5-2,17(19)20-14-6-3)15-16-10-8-7-9-11-16/h7-11H,4-6,12-15H2,1-3H3. The molecular weight excluding hydrogens is 248 g/mol. The van der Waals surface area contributed by atoms with Crippen molar-refractivity contribution in [2.45, 2.75) is 59.3 Å². The molecule has 0 bridgehead atoms. The van der Waals surface area contributed by atoms with E-state index in [2.05, 4.69) is 26.0 Å². The lowest BCUT2D eigenvalue weighted by molar-refractivity contribution is -0.157. The SMILES string of the molecule is CCCOC(=O)C(CCC)(CCC)Cc1ccccc1. The molecule has 0 spiro atoms. The van der Waals surface area contributed by atoms with Crippen molar-refractivity contribution < 1.29 is 9.53 Å². The van der Waals surface area contributed by atoms with Gasteiger partial charge in [-0.05, 0) is 31.2 Å². The molecule has 0 heterocycles. The fourth-order valence-corrected chi connectivity index (χ4v) is 2.87. The Morgan fingerprint density at radius 1 is 1.00 bits per heavy atom. The van der Waals surface area contributed by atoms with Gasteiger partial charge in [0, 0.05) is 0 Å². The van der Waals surface area contributed by atoms with Gasteiger partial charge in [0.05, 0.1) is 12.0 Å². The monoisotopic (exact) mass is 276 g/mol. The zero-order valence-corrected chi connectivity index (χ0v) is 13.2. The number of rotatable bonds is 9. The van der Waals surface area contributed by atoms with E-state index >= 15 is 0 Å². The highest BCUT2D eigenvalue weighted by Crippen LogP contribution is 2.35. The van der Waals surface area contributed by atoms with Gasteiger partial charge in [0.15, 0.2) is 0 Å². The van der Waals surface area contributed by atoms with Crippen LogP contribution in [0.2, 0.25) is 0 Å². The van der Waals surface area contributed by atoms with E-state index in [0.29, 0.717) is 6.61 Å². The van der Waals surface area contributed by atoms with E-state index in [4.69, 9.17) is 4.74 Å². The minimum absolute atomic E-state index is 0.00750. The summed E-state index contributed by atoms with van der Waals surface area (Å²) in [5, 5.41) is 0. The number of hydrogen-bond donors (Lipinski definition) is 0. The van der Waals surface area contributed by atoms with Gasteiger partial charge < -0.3 is 4.74 Å². The molecule has 0 amide bonds. The Labute approximate surface area is 123 Å². The van der Waals surface area contributed by atoms with Gasteiger partial charge >= 0.3 is 5.97 Å². The maximum Gasteiger partial charge on any atom is 0.312 e. The summed E-state index contributed by atoms with van der Waals surface area (Å²) in [7, 11) is 0. The lowest BCUT2D eigenvalue weighted by atomic mass is 9.74. The summed E-state index contributed by atoms with van der Waals surface area (Å²) in [6, 6.07) is 10.3. The first-order valence-corrected chi connectivity index (χ1v) is 7.89. The van der Waals surface area contributed by atoms with E-state index in [0.717, 1.165) is 38.5 Å². The second kappa shape index (κ2) is 8.78. The summed E-state index contributed by atoms with van der Waals surface area (Å²) >= 11 is 0. The molecule has 0 aliphatic rings. The zero-order chi connectivity index (χ0) is 14.8. The van der Waals surface area contributed by atoms with Crippen LogP contribution in [0.1, 0.15) is 58.4 Å². The maximum absolute atomic E-state index is 12.6. The van der Waals surface area contributed by atoms with Crippen LogP contribution < -0.4 is 0 Å². The van der Waals surface area contributed by atoms with Gasteiger partial charge in [-0.3, -0.25) is 4.79 Å². The molecule has 1 aromatic carbocycles. The minimum atomic E-state index is -0.347. The third kappa shape index (κ3) is 4.66. The smallest absolute Gasteiger partial charge is 0.312 e. The van der Waals surface area contributed by atoms with Crippen molar-refractivity contribution in [2.24, 2.45) is 5.41 Å². The molecule has 0 fully saturated rings. The second-order valence-corrected chi connectivity index (χ2v) is 5.58. The molecule has 0 unspecified atom stereocenters. The maximum atomic E-state index is 12.6. The lowest BCUT2D eigenvalue weighted by Gasteiger charge is -2.31. The van der Waals surface area contributed by atoms with Gasteiger partial charge in [-0.1, -0.05) is 63.9 Å². The summed E-state index contributed by atoms with van der Waals surface area (Å²) in [5.41, 5.74) is 0.878. The summed E-state index contributed by atoms with van der Waals surface area (Å²) in [4.78, 5) is 12.6. The van der Waals surface area contributed by atoms with Gasteiger partial charge in [0.1, 0.15) is 0 Å². The average Bonchev–Trinajstić information content (AvgIpc) is 2.46. The quantitative estimate of drug-likeness (QED) is 0.607. The molecule has 0 saturated heterocycles. The van der Waals surface area contributed by atoms with E-state index in [1.807, 2.05) is 25.1 Å². The molecule has 0 N–H and O–H groups in total. The van der Waals surface area contributed by atoms with Gasteiger partial charge in [-0.15, -0.1) is 0 Å². The van der Waals surface area contributed by atoms with Crippen molar-refractivity contribution in [2.75, 3.05) is 6.61 Å². The molecule has 0 aliphatic heterocycles. The fraction of sp³-hybridized carbons (Fsp3) is 0.611. The summed E-state index contributed by atoms with van der Waals surface area (Å²) in [5.74, 6) is -0.00750. The first kappa shape index (κ1) is 16.7. The van der Waals surface area contributed by atoms with Crippen LogP contribution in [0, 0.1) is 5.41 Å². The molecule has 0 aromatic heterocycles. The Morgan fingerprint density at radius 3 is 2.10 bits per heavy atom. The summed E-state index contributed by atoms with van der Waals surface area (Å²) in [6.07, 6.45) is 5.49.